The lowest BCUT2D eigenvalue weighted by Crippen LogP contribution is -2.44. The summed E-state index contributed by atoms with van der Waals surface area (Å²) in [5.41, 5.74) is 0.230. The fourth-order valence-electron chi connectivity index (χ4n) is 2.01. The molecule has 0 spiro atoms. The zero-order valence-corrected chi connectivity index (χ0v) is 9.61. The summed E-state index contributed by atoms with van der Waals surface area (Å²) in [4.78, 5) is 19.9. The molecule has 0 aliphatic carbocycles. The lowest BCUT2D eigenvalue weighted by atomic mass is 9.94. The molecule has 1 atom stereocenters. The quantitative estimate of drug-likeness (QED) is 0.757. The standard InChI is InChI=1S/C12H17N5O/c1-8-6-9(18)16-11-10(8)12(15-7-14-11)17-4-2-13-3-5-17/h7-8,13H,2-6H2,1H3,(H,14,15,16,18)/i2D2,3D2,4D2,5D2. The number of nitrogens with one attached hydrogen (secondary N) is 2. The average Bonchev–Trinajstić information content (AvgIpc) is 2.43. The van der Waals surface area contributed by atoms with E-state index in [9.17, 15) is 4.79 Å². The summed E-state index contributed by atoms with van der Waals surface area (Å²) < 4.78 is 64.2. The number of hydrogen-bond donors (Lipinski definition) is 2. The second-order valence-electron chi connectivity index (χ2n) is 4.05. The molecule has 3 rings (SSSR count). The van der Waals surface area contributed by atoms with Gasteiger partial charge in [-0.05, 0) is 5.92 Å². The van der Waals surface area contributed by atoms with Gasteiger partial charge in [0.1, 0.15) is 18.0 Å². The SMILES string of the molecule is [2H]C1([2H])NC([2H])([2H])C([2H])([2H])N(c2ncnc3c2C(C)CC(=O)N3)C1([2H])[2H]. The van der Waals surface area contributed by atoms with Gasteiger partial charge in [-0.3, -0.25) is 4.79 Å². The van der Waals surface area contributed by atoms with E-state index in [-0.39, 0.29) is 29.5 Å². The molecule has 18 heavy (non-hydrogen) atoms. The van der Waals surface area contributed by atoms with E-state index in [1.165, 1.54) is 0 Å². The first-order valence-corrected chi connectivity index (χ1v) is 5.47. The van der Waals surface area contributed by atoms with Gasteiger partial charge in [-0.2, -0.15) is 0 Å². The number of aromatic nitrogens is 2. The average molecular weight is 255 g/mol. The Bertz CT molecular complexity index is 744. The number of carbonyl (C=O) groups excluding carboxylic acids is 1. The minimum atomic E-state index is -2.99. The second kappa shape index (κ2) is 4.53. The van der Waals surface area contributed by atoms with E-state index in [0.29, 0.717) is 4.90 Å². The van der Waals surface area contributed by atoms with E-state index in [4.69, 9.17) is 11.0 Å². The highest BCUT2D eigenvalue weighted by atomic mass is 16.1. The van der Waals surface area contributed by atoms with E-state index in [0.717, 1.165) is 6.33 Å². The lowest BCUT2D eigenvalue weighted by Gasteiger charge is -2.32. The van der Waals surface area contributed by atoms with E-state index in [1.807, 2.05) is 0 Å². The Labute approximate surface area is 117 Å². The van der Waals surface area contributed by atoms with Gasteiger partial charge in [-0.1, -0.05) is 6.92 Å². The van der Waals surface area contributed by atoms with Crippen LogP contribution in [-0.4, -0.2) is 41.9 Å². The van der Waals surface area contributed by atoms with Gasteiger partial charge in [0.05, 0.1) is 5.48 Å². The third-order valence-corrected chi connectivity index (χ3v) is 2.78. The normalized spacial score (nSPS) is 41.3. The van der Waals surface area contributed by atoms with E-state index >= 15 is 0 Å². The first-order chi connectivity index (χ1) is 11.7. The predicted octanol–water partition coefficient (Wildman–Crippen LogP) is 0.332. The van der Waals surface area contributed by atoms with Crippen molar-refractivity contribution in [1.82, 2.24) is 15.3 Å². The molecule has 1 fully saturated rings. The summed E-state index contributed by atoms with van der Waals surface area (Å²) in [7, 11) is 0. The Kier molecular flexibility index (Phi) is 1.39. The highest BCUT2D eigenvalue weighted by molar-refractivity contribution is 5.94. The van der Waals surface area contributed by atoms with Crippen LogP contribution >= 0.6 is 0 Å². The van der Waals surface area contributed by atoms with Crippen molar-refractivity contribution in [2.24, 2.45) is 0 Å². The van der Waals surface area contributed by atoms with Gasteiger partial charge in [-0.25, -0.2) is 9.97 Å². The molecule has 0 bridgehead atoms. The summed E-state index contributed by atoms with van der Waals surface area (Å²) in [6.07, 6.45) is 1.02. The minimum absolute atomic E-state index is 0.0330. The van der Waals surface area contributed by atoms with Gasteiger partial charge in [0.25, 0.3) is 0 Å². The number of anilines is 2. The van der Waals surface area contributed by atoms with Gasteiger partial charge in [-0.15, -0.1) is 0 Å². The molecule has 96 valence electrons. The first kappa shape index (κ1) is 5.52. The largest absolute Gasteiger partial charge is 0.354 e. The second-order valence-corrected chi connectivity index (χ2v) is 4.05. The van der Waals surface area contributed by atoms with Gasteiger partial charge in [0, 0.05) is 43.5 Å². The smallest absolute Gasteiger partial charge is 0.226 e. The van der Waals surface area contributed by atoms with Crippen LogP contribution in [0.5, 0.6) is 0 Å². The van der Waals surface area contributed by atoms with Crippen molar-refractivity contribution in [2.45, 2.75) is 19.3 Å². The summed E-state index contributed by atoms with van der Waals surface area (Å²) in [5, 5.41) is 4.27. The van der Waals surface area contributed by atoms with E-state index < -0.39 is 31.9 Å². The summed E-state index contributed by atoms with van der Waals surface area (Å²) in [5.74, 6) is -1.03. The fraction of sp³-hybridized carbons (Fsp3) is 0.583. The number of rotatable bonds is 1. The van der Waals surface area contributed by atoms with Crippen molar-refractivity contribution in [3.05, 3.63) is 11.9 Å². The molecule has 1 aromatic heterocycles. The molecule has 3 heterocycles. The van der Waals surface area contributed by atoms with Crippen LogP contribution in [0.4, 0.5) is 11.6 Å². The molecule has 0 saturated carbocycles. The maximum Gasteiger partial charge on any atom is 0.226 e. The zero-order chi connectivity index (χ0) is 19.7. The van der Waals surface area contributed by atoms with Crippen molar-refractivity contribution in [3.8, 4) is 0 Å². The van der Waals surface area contributed by atoms with E-state index in [1.54, 1.807) is 12.2 Å². The molecule has 1 amide bonds. The topological polar surface area (TPSA) is 70.1 Å². The Morgan fingerprint density at radius 2 is 2.22 bits per heavy atom. The van der Waals surface area contributed by atoms with Crippen molar-refractivity contribution in [2.75, 3.05) is 36.2 Å². The number of amides is 1. The van der Waals surface area contributed by atoms with E-state index in [2.05, 4.69) is 15.3 Å². The van der Waals surface area contributed by atoms with Crippen molar-refractivity contribution in [1.29, 1.82) is 0 Å². The molecule has 1 unspecified atom stereocenters. The molecule has 0 radical (unpaired) electrons. The Hall–Kier alpha value is -1.69. The van der Waals surface area contributed by atoms with Crippen LogP contribution in [0.3, 0.4) is 0 Å². The number of piperazine rings is 1. The van der Waals surface area contributed by atoms with Gasteiger partial charge in [0.15, 0.2) is 0 Å². The van der Waals surface area contributed by atoms with Crippen LogP contribution in [0.1, 0.15) is 35.8 Å². The lowest BCUT2D eigenvalue weighted by molar-refractivity contribution is -0.116. The van der Waals surface area contributed by atoms with Crippen LogP contribution in [0.25, 0.3) is 0 Å². The Morgan fingerprint density at radius 1 is 1.44 bits per heavy atom. The first-order valence-electron chi connectivity index (χ1n) is 9.47. The Balaban J connectivity index is 2.27. The third-order valence-electron chi connectivity index (χ3n) is 2.78. The zero-order valence-electron chi connectivity index (χ0n) is 17.6. The number of hydrogen-bond acceptors (Lipinski definition) is 5. The minimum Gasteiger partial charge on any atom is -0.354 e. The monoisotopic (exact) mass is 255 g/mol. The van der Waals surface area contributed by atoms with Crippen molar-refractivity contribution in [3.63, 3.8) is 0 Å². The summed E-state index contributed by atoms with van der Waals surface area (Å²) in [6.45, 7) is -10.2. The molecule has 2 N–H and O–H groups in total. The molecule has 2 aliphatic heterocycles. The van der Waals surface area contributed by atoms with Gasteiger partial charge < -0.3 is 15.5 Å². The third kappa shape index (κ3) is 1.92. The van der Waals surface area contributed by atoms with Crippen LogP contribution in [0.2, 0.25) is 0 Å². The Morgan fingerprint density at radius 3 is 3.00 bits per heavy atom. The molecule has 1 aromatic rings. The fourth-order valence-corrected chi connectivity index (χ4v) is 2.01. The number of carbonyl (C=O) groups is 1. The molecule has 2 aliphatic rings. The van der Waals surface area contributed by atoms with Crippen molar-refractivity contribution >= 4 is 17.5 Å². The molecule has 1 saturated heterocycles. The van der Waals surface area contributed by atoms with Gasteiger partial charge >= 0.3 is 0 Å². The molecule has 6 heteroatoms. The maximum atomic E-state index is 11.7. The van der Waals surface area contributed by atoms with Gasteiger partial charge in [0.2, 0.25) is 5.91 Å². The molecule has 0 aromatic carbocycles. The van der Waals surface area contributed by atoms with Crippen LogP contribution in [0, 0.1) is 0 Å². The molecular weight excluding hydrogens is 230 g/mol. The van der Waals surface area contributed by atoms with Crippen molar-refractivity contribution < 1.29 is 15.8 Å². The molecule has 6 nitrogen and oxygen atoms in total. The predicted molar refractivity (Wildman–Crippen MR) is 68.8 cm³/mol. The molecular formula is C12H17N5O. The van der Waals surface area contributed by atoms with Crippen LogP contribution < -0.4 is 15.5 Å². The highest BCUT2D eigenvalue weighted by Gasteiger charge is 2.28. The maximum absolute atomic E-state index is 11.7. The highest BCUT2D eigenvalue weighted by Crippen LogP contribution is 2.36. The van der Waals surface area contributed by atoms with Crippen LogP contribution in [-0.2, 0) is 4.79 Å². The van der Waals surface area contributed by atoms with Crippen LogP contribution in [0.15, 0.2) is 6.33 Å². The number of fused-ring (bicyclic) bond motifs is 1. The summed E-state index contributed by atoms with van der Waals surface area (Å²) >= 11 is 0. The number of nitrogens with zero attached hydrogens (tertiary/aromatic N) is 3. The summed E-state index contributed by atoms with van der Waals surface area (Å²) in [6, 6.07) is 0.